The third-order valence-corrected chi connectivity index (χ3v) is 14.5. The second kappa shape index (κ2) is 13.3. The van der Waals surface area contributed by atoms with Crippen LogP contribution >= 0.6 is 23.2 Å². The fourth-order valence-electron chi connectivity index (χ4n) is 10.5. The average molecular weight is 780 g/mol. The number of pyridine rings is 1. The van der Waals surface area contributed by atoms with Crippen molar-refractivity contribution in [3.8, 4) is 17.2 Å². The summed E-state index contributed by atoms with van der Waals surface area (Å²) < 4.78 is 21.8. The Bertz CT molecular complexity index is 2410. The van der Waals surface area contributed by atoms with Crippen LogP contribution in [0.4, 0.5) is 4.39 Å². The molecule has 1 N–H and O–H groups in total. The molecule has 3 aromatic heterocycles. The Morgan fingerprint density at radius 2 is 1.95 bits per heavy atom. The lowest BCUT2D eigenvalue weighted by molar-refractivity contribution is -0.133. The molecule has 5 atom stereocenters. The van der Waals surface area contributed by atoms with Crippen LogP contribution in [0, 0.1) is 35.9 Å². The second-order valence-corrected chi connectivity index (χ2v) is 17.9. The Hall–Kier alpha value is -4.04. The molecule has 0 spiro atoms. The Morgan fingerprint density at radius 3 is 2.67 bits per heavy atom. The number of nitriles is 1. The molecule has 3 aliphatic heterocycles. The first-order chi connectivity index (χ1) is 26.6. The molecule has 6 aliphatic rings. The number of rotatable bonds is 8. The van der Waals surface area contributed by atoms with Gasteiger partial charge >= 0.3 is 0 Å². The van der Waals surface area contributed by atoms with Gasteiger partial charge in [0, 0.05) is 76.4 Å². The van der Waals surface area contributed by atoms with E-state index in [0.29, 0.717) is 52.4 Å². The molecule has 11 rings (SSSR count). The number of nitrogens with one attached hydrogen (secondary N) is 1. The third kappa shape index (κ3) is 5.62. The molecular weight excluding hydrogens is 734 g/mol. The van der Waals surface area contributed by atoms with Crippen molar-refractivity contribution in [1.82, 2.24) is 34.8 Å². The zero-order chi connectivity index (χ0) is 37.7. The standard InChI is InChI=1S/C43H45Cl2FN8O/c1-23-29-19-34(33-18-27(21-52(33)42(55)24-11-12-24)53-22-35(50-51-53)43(2)13-4-3-5-14-43)54(40-26-17-32(40)48-20-26)41(29)30-16-25(8-7-15-47)36(38(46)39(30)49-23)28-9-6-10-31(44)37(28)45/h6,9-10,16,19,22,24,26-27,32-33,40,48H,3-5,7-8,11-14,17-18,20-21H2,1-2H3/t26-,27+,32?,33-,40+/m1/s1. The second-order valence-electron chi connectivity index (χ2n) is 17.2. The molecule has 6 fully saturated rings. The van der Waals surface area contributed by atoms with Crippen LogP contribution in [0.3, 0.4) is 0 Å². The number of amides is 1. The monoisotopic (exact) mass is 778 g/mol. The van der Waals surface area contributed by atoms with E-state index in [1.807, 2.05) is 17.7 Å². The number of benzene rings is 2. The molecule has 0 radical (unpaired) electrons. The number of nitrogens with zero attached hydrogens (tertiary/aromatic N) is 7. The maximum atomic E-state index is 17.3. The van der Waals surface area contributed by atoms with E-state index >= 15 is 4.39 Å². The fourth-order valence-corrected chi connectivity index (χ4v) is 10.9. The van der Waals surface area contributed by atoms with Crippen LogP contribution in [0.2, 0.25) is 10.0 Å². The van der Waals surface area contributed by atoms with Gasteiger partial charge in [-0.2, -0.15) is 5.26 Å². The minimum atomic E-state index is -0.469. The molecule has 6 heterocycles. The summed E-state index contributed by atoms with van der Waals surface area (Å²) in [6.45, 7) is 5.77. The summed E-state index contributed by atoms with van der Waals surface area (Å²) in [6, 6.07) is 12.0. The van der Waals surface area contributed by atoms with Crippen molar-refractivity contribution in [1.29, 1.82) is 5.26 Å². The van der Waals surface area contributed by atoms with Gasteiger partial charge in [-0.25, -0.2) is 14.1 Å². The average Bonchev–Trinajstić information content (AvgIpc) is 3.68. The van der Waals surface area contributed by atoms with Crippen LogP contribution in [-0.2, 0) is 16.6 Å². The highest BCUT2D eigenvalue weighted by Gasteiger charge is 2.51. The molecular formula is C43H45Cl2FN8O. The molecule has 55 heavy (non-hydrogen) atoms. The number of halogens is 3. The first-order valence-corrected chi connectivity index (χ1v) is 20.8. The van der Waals surface area contributed by atoms with Gasteiger partial charge in [0.2, 0.25) is 5.91 Å². The number of hydrogen-bond donors (Lipinski definition) is 1. The van der Waals surface area contributed by atoms with E-state index in [4.69, 9.17) is 38.5 Å². The van der Waals surface area contributed by atoms with Gasteiger partial charge in [-0.1, -0.05) is 66.7 Å². The molecule has 2 aromatic carbocycles. The van der Waals surface area contributed by atoms with E-state index in [2.05, 4.69) is 40.0 Å². The van der Waals surface area contributed by atoms with Crippen molar-refractivity contribution in [2.24, 2.45) is 11.8 Å². The van der Waals surface area contributed by atoms with Gasteiger partial charge in [-0.15, -0.1) is 5.10 Å². The van der Waals surface area contributed by atoms with Gasteiger partial charge in [0.05, 0.1) is 45.5 Å². The van der Waals surface area contributed by atoms with Crippen LogP contribution < -0.4 is 5.32 Å². The Morgan fingerprint density at radius 1 is 1.13 bits per heavy atom. The first kappa shape index (κ1) is 35.4. The summed E-state index contributed by atoms with van der Waals surface area (Å²) in [6.07, 6.45) is 12.3. The summed E-state index contributed by atoms with van der Waals surface area (Å²) >= 11 is 13.2. The lowest BCUT2D eigenvalue weighted by atomic mass is 9.74. The van der Waals surface area contributed by atoms with Gasteiger partial charge in [0.1, 0.15) is 5.52 Å². The number of aromatic nitrogens is 5. The fraction of sp³-hybridized carbons (Fsp3) is 0.512. The number of carbonyl (C=O) groups is 1. The minimum Gasteiger partial charge on any atom is -0.337 e. The van der Waals surface area contributed by atoms with Crippen LogP contribution in [0.25, 0.3) is 32.9 Å². The predicted molar refractivity (Wildman–Crippen MR) is 212 cm³/mol. The molecule has 5 aromatic rings. The van der Waals surface area contributed by atoms with Crippen molar-refractivity contribution in [3.63, 3.8) is 0 Å². The predicted octanol–water partition coefficient (Wildman–Crippen LogP) is 9.34. The Kier molecular flexibility index (Phi) is 8.54. The summed E-state index contributed by atoms with van der Waals surface area (Å²) in [4.78, 5) is 21.3. The molecule has 1 amide bonds. The van der Waals surface area contributed by atoms with E-state index in [1.54, 1.807) is 18.2 Å². The Balaban J connectivity index is 1.16. The van der Waals surface area contributed by atoms with Gasteiger partial charge < -0.3 is 14.8 Å². The highest BCUT2D eigenvalue weighted by Crippen LogP contribution is 2.52. The van der Waals surface area contributed by atoms with Crippen LogP contribution in [0.5, 0.6) is 0 Å². The number of aryl methyl sites for hydroxylation is 2. The van der Waals surface area contributed by atoms with E-state index in [9.17, 15) is 10.1 Å². The van der Waals surface area contributed by atoms with E-state index in [1.165, 1.54) is 19.3 Å². The van der Waals surface area contributed by atoms with Crippen molar-refractivity contribution >= 4 is 50.9 Å². The molecule has 3 saturated carbocycles. The maximum Gasteiger partial charge on any atom is 0.226 e. The van der Waals surface area contributed by atoms with Gasteiger partial charge in [-0.05, 0) is 81.5 Å². The minimum absolute atomic E-state index is 0.0140. The largest absolute Gasteiger partial charge is 0.337 e. The lowest BCUT2D eigenvalue weighted by Gasteiger charge is -2.39. The zero-order valence-electron chi connectivity index (χ0n) is 31.3. The molecule has 284 valence electrons. The smallest absolute Gasteiger partial charge is 0.226 e. The van der Waals surface area contributed by atoms with E-state index < -0.39 is 5.82 Å². The summed E-state index contributed by atoms with van der Waals surface area (Å²) in [7, 11) is 0. The maximum absolute atomic E-state index is 17.3. The molecule has 9 nitrogen and oxygen atoms in total. The lowest BCUT2D eigenvalue weighted by Crippen LogP contribution is -2.41. The van der Waals surface area contributed by atoms with Crippen molar-refractivity contribution in [2.45, 2.75) is 114 Å². The molecule has 3 aliphatic carbocycles. The topological polar surface area (TPSA) is 105 Å². The third-order valence-electron chi connectivity index (χ3n) is 13.7. The number of carbonyl (C=O) groups excluding carboxylic acids is 1. The SMILES string of the molecule is Cc1nc2c(F)c(-c3cccc(Cl)c3Cl)c(CCC#N)cc2c2c1cc([C@H]1C[C@H](n3cc(C4(C)CCCCC4)nn3)CN1C(=O)C1CC1)n2[C@@H]1C2C[C@@H]1CN2. The molecule has 3 saturated heterocycles. The van der Waals surface area contributed by atoms with E-state index in [-0.39, 0.29) is 58.4 Å². The summed E-state index contributed by atoms with van der Waals surface area (Å²) in [5.41, 5.74) is 5.61. The van der Waals surface area contributed by atoms with Crippen molar-refractivity contribution in [3.05, 3.63) is 75.0 Å². The highest BCUT2D eigenvalue weighted by molar-refractivity contribution is 6.43. The first-order valence-electron chi connectivity index (χ1n) is 20.1. The summed E-state index contributed by atoms with van der Waals surface area (Å²) in [5, 5.41) is 25.1. The normalized spacial score (nSPS) is 25.8. The van der Waals surface area contributed by atoms with Gasteiger partial charge in [0.25, 0.3) is 0 Å². The van der Waals surface area contributed by atoms with E-state index in [0.717, 1.165) is 66.6 Å². The van der Waals surface area contributed by atoms with Crippen molar-refractivity contribution < 1.29 is 9.18 Å². The molecule has 2 bridgehead atoms. The zero-order valence-corrected chi connectivity index (χ0v) is 32.8. The Labute approximate surface area is 330 Å². The van der Waals surface area contributed by atoms with Gasteiger partial charge in [-0.3, -0.25) is 4.79 Å². The number of hydrogen-bond acceptors (Lipinski definition) is 6. The van der Waals surface area contributed by atoms with Gasteiger partial charge in [0.15, 0.2) is 5.82 Å². The number of fused-ring (bicyclic) bond motifs is 4. The van der Waals surface area contributed by atoms with Crippen molar-refractivity contribution in [2.75, 3.05) is 13.1 Å². The molecule has 1 unspecified atom stereocenters. The summed E-state index contributed by atoms with van der Waals surface area (Å²) in [5.74, 6) is 0.231. The van der Waals surface area contributed by atoms with Crippen LogP contribution in [0.1, 0.15) is 112 Å². The quantitative estimate of drug-likeness (QED) is 0.168. The van der Waals surface area contributed by atoms with Crippen LogP contribution in [0.15, 0.2) is 36.5 Å². The highest BCUT2D eigenvalue weighted by atomic mass is 35.5. The number of likely N-dealkylation sites (tertiary alicyclic amines) is 1. The molecule has 12 heteroatoms. The van der Waals surface area contributed by atoms with Crippen LogP contribution in [-0.4, -0.2) is 54.5 Å².